The Hall–Kier alpha value is -4.50. The number of rotatable bonds is 8. The van der Waals surface area contributed by atoms with Gasteiger partial charge in [-0.1, -0.05) is 48.5 Å². The number of sulfonamides is 1. The molecular weight excluding hydrogens is 466 g/mol. The highest BCUT2D eigenvalue weighted by atomic mass is 32.2. The lowest BCUT2D eigenvalue weighted by Crippen LogP contribution is -2.30. The predicted octanol–water partition coefficient (Wildman–Crippen LogP) is 5.24. The van der Waals surface area contributed by atoms with Crippen LogP contribution in [-0.2, 0) is 16.6 Å². The second-order valence-electron chi connectivity index (χ2n) is 7.62. The van der Waals surface area contributed by atoms with Crippen LogP contribution < -0.4 is 9.62 Å². The molecule has 0 atom stereocenters. The Morgan fingerprint density at radius 2 is 1.37 bits per heavy atom. The van der Waals surface area contributed by atoms with Crippen LogP contribution >= 0.6 is 0 Å². The van der Waals surface area contributed by atoms with Gasteiger partial charge in [0, 0.05) is 23.4 Å². The molecule has 1 amide bonds. The monoisotopic (exact) mass is 487 g/mol. The number of anilines is 2. The normalized spacial score (nSPS) is 11.0. The molecule has 9 heteroatoms. The van der Waals surface area contributed by atoms with Crippen LogP contribution in [0.4, 0.5) is 17.1 Å². The van der Waals surface area contributed by atoms with Crippen molar-refractivity contribution in [2.24, 2.45) is 0 Å². The number of non-ortho nitro benzene ring substituents is 1. The van der Waals surface area contributed by atoms with Crippen molar-refractivity contribution < 1.29 is 18.1 Å². The number of para-hydroxylation sites is 1. The molecule has 0 aliphatic carbocycles. The summed E-state index contributed by atoms with van der Waals surface area (Å²) in [7, 11) is -3.91. The summed E-state index contributed by atoms with van der Waals surface area (Å²) in [5.74, 6) is -0.467. The van der Waals surface area contributed by atoms with Crippen LogP contribution in [0.25, 0.3) is 0 Å². The Labute approximate surface area is 202 Å². The first-order valence-corrected chi connectivity index (χ1v) is 12.1. The lowest BCUT2D eigenvalue weighted by molar-refractivity contribution is -0.384. The quantitative estimate of drug-likeness (QED) is 0.270. The van der Waals surface area contributed by atoms with Gasteiger partial charge in [-0.2, -0.15) is 0 Å². The number of nitrogens with zero attached hydrogens (tertiary/aromatic N) is 2. The van der Waals surface area contributed by atoms with E-state index in [1.54, 1.807) is 24.3 Å². The maximum absolute atomic E-state index is 13.6. The zero-order valence-corrected chi connectivity index (χ0v) is 19.3. The van der Waals surface area contributed by atoms with E-state index in [1.165, 1.54) is 52.8 Å². The fraction of sp³-hybridized carbons (Fsp3) is 0.0385. The van der Waals surface area contributed by atoms with Crippen LogP contribution in [0.2, 0.25) is 0 Å². The van der Waals surface area contributed by atoms with Crippen molar-refractivity contribution >= 4 is 33.0 Å². The molecule has 0 bridgehead atoms. The molecule has 0 spiro atoms. The third kappa shape index (κ3) is 5.53. The summed E-state index contributed by atoms with van der Waals surface area (Å²) in [6.07, 6.45) is 0. The summed E-state index contributed by atoms with van der Waals surface area (Å²) in [4.78, 5) is 22.8. The smallest absolute Gasteiger partial charge is 0.269 e. The van der Waals surface area contributed by atoms with E-state index in [0.717, 1.165) is 5.56 Å². The van der Waals surface area contributed by atoms with Crippen LogP contribution in [0.5, 0.6) is 0 Å². The lowest BCUT2D eigenvalue weighted by atomic mass is 10.2. The highest BCUT2D eigenvalue weighted by Crippen LogP contribution is 2.27. The van der Waals surface area contributed by atoms with E-state index in [9.17, 15) is 23.3 Å². The minimum absolute atomic E-state index is 0.0746. The Bertz CT molecular complexity index is 1420. The van der Waals surface area contributed by atoms with Crippen LogP contribution in [0, 0.1) is 10.1 Å². The summed E-state index contributed by atoms with van der Waals surface area (Å²) in [6, 6.07) is 29.2. The molecule has 0 aromatic heterocycles. The van der Waals surface area contributed by atoms with E-state index in [1.807, 2.05) is 36.4 Å². The van der Waals surface area contributed by atoms with Gasteiger partial charge < -0.3 is 5.32 Å². The highest BCUT2D eigenvalue weighted by Gasteiger charge is 2.25. The SMILES string of the molecule is O=C(Nc1ccc(S(=O)(=O)N(Cc2ccccc2)c2ccccc2)cc1)c1ccc([N+](=O)[O-])cc1. The minimum Gasteiger partial charge on any atom is -0.322 e. The minimum atomic E-state index is -3.91. The van der Waals surface area contributed by atoms with Crippen molar-refractivity contribution in [3.8, 4) is 0 Å². The third-order valence-corrected chi connectivity index (χ3v) is 7.04. The summed E-state index contributed by atoms with van der Waals surface area (Å²) in [6.45, 7) is 0.159. The van der Waals surface area contributed by atoms with Gasteiger partial charge in [0.1, 0.15) is 0 Å². The number of nitro benzene ring substituents is 1. The topological polar surface area (TPSA) is 110 Å². The molecule has 0 radical (unpaired) electrons. The number of nitro groups is 1. The highest BCUT2D eigenvalue weighted by molar-refractivity contribution is 7.92. The van der Waals surface area contributed by atoms with E-state index in [-0.39, 0.29) is 22.7 Å². The Kier molecular flexibility index (Phi) is 6.88. The van der Waals surface area contributed by atoms with E-state index in [0.29, 0.717) is 11.4 Å². The van der Waals surface area contributed by atoms with Crippen molar-refractivity contribution in [1.82, 2.24) is 0 Å². The van der Waals surface area contributed by atoms with Gasteiger partial charge in [0.15, 0.2) is 0 Å². The van der Waals surface area contributed by atoms with Gasteiger partial charge >= 0.3 is 0 Å². The van der Waals surface area contributed by atoms with Crippen molar-refractivity contribution in [3.05, 3.63) is 130 Å². The van der Waals surface area contributed by atoms with Crippen LogP contribution in [0.1, 0.15) is 15.9 Å². The number of hydrogen-bond donors (Lipinski definition) is 1. The zero-order chi connectivity index (χ0) is 24.8. The molecule has 4 aromatic carbocycles. The van der Waals surface area contributed by atoms with Crippen molar-refractivity contribution in [2.45, 2.75) is 11.4 Å². The van der Waals surface area contributed by atoms with Gasteiger partial charge in [0.2, 0.25) is 0 Å². The summed E-state index contributed by atoms with van der Waals surface area (Å²) in [5, 5.41) is 13.4. The average Bonchev–Trinajstić information content (AvgIpc) is 2.88. The first-order valence-electron chi connectivity index (χ1n) is 10.6. The maximum atomic E-state index is 13.6. The molecule has 8 nitrogen and oxygen atoms in total. The fourth-order valence-corrected chi connectivity index (χ4v) is 4.89. The molecule has 0 unspecified atom stereocenters. The van der Waals surface area contributed by atoms with Gasteiger partial charge in [0.25, 0.3) is 21.6 Å². The van der Waals surface area contributed by atoms with Gasteiger partial charge in [-0.25, -0.2) is 8.42 Å². The van der Waals surface area contributed by atoms with E-state index >= 15 is 0 Å². The molecule has 0 saturated carbocycles. The molecule has 176 valence electrons. The van der Waals surface area contributed by atoms with Crippen LogP contribution in [0.3, 0.4) is 0 Å². The predicted molar refractivity (Wildman–Crippen MR) is 134 cm³/mol. The largest absolute Gasteiger partial charge is 0.322 e. The summed E-state index contributed by atoms with van der Waals surface area (Å²) >= 11 is 0. The third-order valence-electron chi connectivity index (χ3n) is 5.25. The molecule has 0 fully saturated rings. The molecule has 4 rings (SSSR count). The number of nitrogens with one attached hydrogen (secondary N) is 1. The second-order valence-corrected chi connectivity index (χ2v) is 9.48. The van der Waals surface area contributed by atoms with Crippen LogP contribution in [0.15, 0.2) is 114 Å². The van der Waals surface area contributed by atoms with Gasteiger partial charge in [-0.05, 0) is 54.1 Å². The molecular formula is C26H21N3O5S. The van der Waals surface area contributed by atoms with Crippen LogP contribution in [-0.4, -0.2) is 19.2 Å². The number of amides is 1. The molecule has 1 N–H and O–H groups in total. The standard InChI is InChI=1S/C26H21N3O5S/c30-26(21-11-15-24(16-12-21)29(31)32)27-22-13-17-25(18-14-22)35(33,34)28(23-9-5-2-6-10-23)19-20-7-3-1-4-8-20/h1-18H,19H2,(H,27,30). The maximum Gasteiger partial charge on any atom is 0.269 e. The number of carbonyl (C=O) groups excluding carboxylic acids is 1. The van der Waals surface area contributed by atoms with Crippen molar-refractivity contribution in [1.29, 1.82) is 0 Å². The average molecular weight is 488 g/mol. The van der Waals surface area contributed by atoms with Gasteiger partial charge in [-0.15, -0.1) is 0 Å². The summed E-state index contributed by atoms with van der Waals surface area (Å²) in [5.41, 5.74) is 1.89. The van der Waals surface area contributed by atoms with E-state index < -0.39 is 20.9 Å². The second kappa shape index (κ2) is 10.2. The Morgan fingerprint density at radius 1 is 0.800 bits per heavy atom. The first kappa shape index (κ1) is 23.7. The Morgan fingerprint density at radius 3 is 1.94 bits per heavy atom. The van der Waals surface area contributed by atoms with E-state index in [4.69, 9.17) is 0 Å². The van der Waals surface area contributed by atoms with Crippen molar-refractivity contribution in [2.75, 3.05) is 9.62 Å². The number of benzene rings is 4. The van der Waals surface area contributed by atoms with Crippen molar-refractivity contribution in [3.63, 3.8) is 0 Å². The van der Waals surface area contributed by atoms with Gasteiger partial charge in [0.05, 0.1) is 22.1 Å². The van der Waals surface area contributed by atoms with Gasteiger partial charge in [-0.3, -0.25) is 19.2 Å². The fourth-order valence-electron chi connectivity index (χ4n) is 3.43. The summed E-state index contributed by atoms with van der Waals surface area (Å²) < 4.78 is 28.5. The zero-order valence-electron chi connectivity index (χ0n) is 18.4. The molecule has 4 aromatic rings. The molecule has 0 heterocycles. The molecule has 0 aliphatic rings. The number of hydrogen-bond acceptors (Lipinski definition) is 5. The number of carbonyl (C=O) groups is 1. The van der Waals surface area contributed by atoms with E-state index in [2.05, 4.69) is 5.32 Å². The lowest BCUT2D eigenvalue weighted by Gasteiger charge is -2.25. The first-order chi connectivity index (χ1) is 16.8. The molecule has 0 aliphatic heterocycles. The Balaban J connectivity index is 1.56. The molecule has 0 saturated heterocycles. The molecule has 35 heavy (non-hydrogen) atoms.